The van der Waals surface area contributed by atoms with Crippen LogP contribution in [0.1, 0.15) is 33.1 Å². The molecule has 0 unspecified atom stereocenters. The Balaban J connectivity index is 2.06. The number of urea groups is 1. The van der Waals surface area contributed by atoms with Crippen molar-refractivity contribution in [2.75, 3.05) is 25.0 Å². The van der Waals surface area contributed by atoms with Crippen molar-refractivity contribution in [2.24, 2.45) is 0 Å². The monoisotopic (exact) mass is 376 g/mol. The van der Waals surface area contributed by atoms with Crippen LogP contribution in [0.5, 0.6) is 5.75 Å². The molecule has 0 spiro atoms. The Kier molecular flexibility index (Phi) is 7.45. The van der Waals surface area contributed by atoms with Crippen molar-refractivity contribution in [3.05, 3.63) is 24.3 Å². The van der Waals surface area contributed by atoms with Gasteiger partial charge in [-0.3, -0.25) is 14.9 Å². The SMILES string of the molecule is CCC(CC)NC(=O)[C@@H]1CN(CCC(=O)NC(=O)NC)c2ccccc2O1. The van der Waals surface area contributed by atoms with Crippen LogP contribution in [-0.4, -0.2) is 50.1 Å². The molecule has 148 valence electrons. The zero-order chi connectivity index (χ0) is 19.8. The molecule has 1 aliphatic heterocycles. The van der Waals surface area contributed by atoms with E-state index in [4.69, 9.17) is 4.74 Å². The normalized spacial score (nSPS) is 15.6. The van der Waals surface area contributed by atoms with Gasteiger partial charge in [0.1, 0.15) is 5.75 Å². The van der Waals surface area contributed by atoms with Crippen LogP contribution in [0.4, 0.5) is 10.5 Å². The third kappa shape index (κ3) is 5.60. The first-order valence-electron chi connectivity index (χ1n) is 9.31. The van der Waals surface area contributed by atoms with E-state index in [-0.39, 0.29) is 24.3 Å². The Labute approximate surface area is 159 Å². The number of hydrogen-bond acceptors (Lipinski definition) is 5. The van der Waals surface area contributed by atoms with Crippen molar-refractivity contribution >= 4 is 23.5 Å². The Hall–Kier alpha value is -2.77. The van der Waals surface area contributed by atoms with Gasteiger partial charge in [0.05, 0.1) is 12.2 Å². The van der Waals surface area contributed by atoms with Crippen LogP contribution >= 0.6 is 0 Å². The summed E-state index contributed by atoms with van der Waals surface area (Å²) < 4.78 is 5.88. The van der Waals surface area contributed by atoms with Crippen molar-refractivity contribution < 1.29 is 19.1 Å². The first-order valence-corrected chi connectivity index (χ1v) is 9.31. The van der Waals surface area contributed by atoms with Gasteiger partial charge in [0.2, 0.25) is 5.91 Å². The van der Waals surface area contributed by atoms with Crippen molar-refractivity contribution in [1.82, 2.24) is 16.0 Å². The molecule has 0 bridgehead atoms. The molecule has 0 saturated carbocycles. The van der Waals surface area contributed by atoms with E-state index in [9.17, 15) is 14.4 Å². The van der Waals surface area contributed by atoms with Crippen molar-refractivity contribution in [3.8, 4) is 5.75 Å². The molecule has 3 N–H and O–H groups in total. The molecule has 1 aromatic rings. The van der Waals surface area contributed by atoms with Gasteiger partial charge < -0.3 is 20.3 Å². The third-order valence-corrected chi connectivity index (χ3v) is 4.57. The maximum atomic E-state index is 12.6. The number of para-hydroxylation sites is 2. The highest BCUT2D eigenvalue weighted by molar-refractivity contribution is 5.94. The van der Waals surface area contributed by atoms with Crippen LogP contribution < -0.4 is 25.6 Å². The van der Waals surface area contributed by atoms with Gasteiger partial charge in [-0.15, -0.1) is 0 Å². The lowest BCUT2D eigenvalue weighted by Crippen LogP contribution is -2.51. The highest BCUT2D eigenvalue weighted by Crippen LogP contribution is 2.33. The molecular weight excluding hydrogens is 348 g/mol. The van der Waals surface area contributed by atoms with Gasteiger partial charge in [-0.1, -0.05) is 26.0 Å². The lowest BCUT2D eigenvalue weighted by Gasteiger charge is -2.36. The number of benzene rings is 1. The number of nitrogens with zero attached hydrogens (tertiary/aromatic N) is 1. The fourth-order valence-electron chi connectivity index (χ4n) is 2.93. The number of amides is 4. The standard InChI is InChI=1S/C19H28N4O4/c1-4-13(5-2)21-18(25)16-12-23(11-10-17(24)22-19(26)20-3)14-8-6-7-9-15(14)27-16/h6-9,13,16H,4-5,10-12H2,1-3H3,(H,21,25)(H2,20,22,24,26)/t16-/m0/s1. The first-order chi connectivity index (χ1) is 13.0. The van der Waals surface area contributed by atoms with Crippen molar-refractivity contribution in [2.45, 2.75) is 45.3 Å². The molecule has 0 saturated heterocycles. The zero-order valence-electron chi connectivity index (χ0n) is 16.1. The second kappa shape index (κ2) is 9.80. The highest BCUT2D eigenvalue weighted by Gasteiger charge is 2.31. The Morgan fingerprint density at radius 3 is 2.59 bits per heavy atom. The Bertz CT molecular complexity index is 675. The van der Waals surface area contributed by atoms with Gasteiger partial charge in [-0.2, -0.15) is 0 Å². The van der Waals surface area contributed by atoms with E-state index in [0.29, 0.717) is 18.8 Å². The zero-order valence-corrected chi connectivity index (χ0v) is 16.1. The van der Waals surface area contributed by atoms with E-state index < -0.39 is 12.1 Å². The minimum Gasteiger partial charge on any atom is -0.477 e. The summed E-state index contributed by atoms with van der Waals surface area (Å²) in [5.74, 6) is 0.0783. The highest BCUT2D eigenvalue weighted by atomic mass is 16.5. The van der Waals surface area contributed by atoms with Gasteiger partial charge in [0.25, 0.3) is 5.91 Å². The number of ether oxygens (including phenoxy) is 1. The molecule has 2 rings (SSSR count). The molecule has 0 radical (unpaired) electrons. The van der Waals surface area contributed by atoms with Gasteiger partial charge in [-0.25, -0.2) is 4.79 Å². The minimum atomic E-state index is -0.650. The smallest absolute Gasteiger partial charge is 0.321 e. The minimum absolute atomic E-state index is 0.116. The molecule has 1 aromatic carbocycles. The van der Waals surface area contributed by atoms with Crippen LogP contribution in [0, 0.1) is 0 Å². The average Bonchev–Trinajstić information content (AvgIpc) is 2.69. The summed E-state index contributed by atoms with van der Waals surface area (Å²) in [6.07, 6.45) is 1.19. The number of anilines is 1. The second-order valence-corrected chi connectivity index (χ2v) is 6.42. The summed E-state index contributed by atoms with van der Waals surface area (Å²) in [5.41, 5.74) is 0.830. The average molecular weight is 376 g/mol. The number of fused-ring (bicyclic) bond motifs is 1. The van der Waals surface area contributed by atoms with E-state index in [0.717, 1.165) is 18.5 Å². The van der Waals surface area contributed by atoms with Gasteiger partial charge >= 0.3 is 6.03 Å². The summed E-state index contributed by atoms with van der Waals surface area (Å²) in [6.45, 7) is 4.78. The lowest BCUT2D eigenvalue weighted by molar-refractivity contribution is -0.128. The van der Waals surface area contributed by atoms with Gasteiger partial charge in [0.15, 0.2) is 6.10 Å². The van der Waals surface area contributed by atoms with E-state index in [1.807, 2.05) is 43.0 Å². The largest absolute Gasteiger partial charge is 0.477 e. The van der Waals surface area contributed by atoms with Gasteiger partial charge in [-0.05, 0) is 25.0 Å². The summed E-state index contributed by atoms with van der Waals surface area (Å²) in [4.78, 5) is 37.7. The summed E-state index contributed by atoms with van der Waals surface area (Å²) in [6, 6.07) is 7.00. The van der Waals surface area contributed by atoms with E-state index >= 15 is 0 Å². The second-order valence-electron chi connectivity index (χ2n) is 6.42. The van der Waals surface area contributed by atoms with Crippen molar-refractivity contribution in [3.63, 3.8) is 0 Å². The molecule has 1 atom stereocenters. The van der Waals surface area contributed by atoms with Crippen LogP contribution in [0.2, 0.25) is 0 Å². The molecule has 0 aromatic heterocycles. The number of nitrogens with one attached hydrogen (secondary N) is 3. The fraction of sp³-hybridized carbons (Fsp3) is 0.526. The Morgan fingerprint density at radius 2 is 1.93 bits per heavy atom. The summed E-state index contributed by atoms with van der Waals surface area (Å²) in [7, 11) is 1.45. The van der Waals surface area contributed by atoms with E-state index in [1.165, 1.54) is 7.05 Å². The lowest BCUT2D eigenvalue weighted by atomic mass is 10.1. The molecule has 4 amide bonds. The molecule has 0 fully saturated rings. The van der Waals surface area contributed by atoms with E-state index in [2.05, 4.69) is 16.0 Å². The van der Waals surface area contributed by atoms with Crippen LogP contribution in [0.15, 0.2) is 24.3 Å². The summed E-state index contributed by atoms with van der Waals surface area (Å²) in [5, 5.41) is 7.60. The molecule has 1 heterocycles. The molecule has 0 aliphatic carbocycles. The quantitative estimate of drug-likeness (QED) is 0.668. The number of carbonyl (C=O) groups is 3. The number of carbonyl (C=O) groups excluding carboxylic acids is 3. The van der Waals surface area contributed by atoms with Crippen LogP contribution in [0.3, 0.4) is 0 Å². The van der Waals surface area contributed by atoms with Crippen LogP contribution in [0.25, 0.3) is 0 Å². The first kappa shape index (κ1) is 20.5. The predicted molar refractivity (Wildman–Crippen MR) is 103 cm³/mol. The molecule has 27 heavy (non-hydrogen) atoms. The predicted octanol–water partition coefficient (Wildman–Crippen LogP) is 1.40. The fourth-order valence-corrected chi connectivity index (χ4v) is 2.93. The molecule has 8 nitrogen and oxygen atoms in total. The molecule has 1 aliphatic rings. The van der Waals surface area contributed by atoms with Crippen molar-refractivity contribution in [1.29, 1.82) is 0 Å². The topological polar surface area (TPSA) is 99.8 Å². The van der Waals surface area contributed by atoms with Crippen LogP contribution in [-0.2, 0) is 9.59 Å². The van der Waals surface area contributed by atoms with Gasteiger partial charge in [0, 0.05) is 26.1 Å². The summed E-state index contributed by atoms with van der Waals surface area (Å²) >= 11 is 0. The maximum absolute atomic E-state index is 12.6. The maximum Gasteiger partial charge on any atom is 0.321 e. The molecular formula is C19H28N4O4. The number of hydrogen-bond donors (Lipinski definition) is 3. The Morgan fingerprint density at radius 1 is 1.22 bits per heavy atom. The number of rotatable bonds is 7. The van der Waals surface area contributed by atoms with E-state index in [1.54, 1.807) is 0 Å². The molecule has 8 heteroatoms. The number of imide groups is 1. The third-order valence-electron chi connectivity index (χ3n) is 4.57.